The van der Waals surface area contributed by atoms with Crippen molar-refractivity contribution in [2.75, 3.05) is 18.8 Å². The van der Waals surface area contributed by atoms with Crippen LogP contribution in [0.3, 0.4) is 0 Å². The second-order valence-electron chi connectivity index (χ2n) is 3.49. The zero-order valence-electron chi connectivity index (χ0n) is 9.72. The monoisotopic (exact) mass is 257 g/mol. The van der Waals surface area contributed by atoms with Gasteiger partial charge in [-0.05, 0) is 19.1 Å². The van der Waals surface area contributed by atoms with E-state index < -0.39 is 34.7 Å². The van der Waals surface area contributed by atoms with E-state index in [2.05, 4.69) is 10.6 Å². The molecule has 4 N–H and O–H groups in total. The Morgan fingerprint density at radius 2 is 1.94 bits per heavy atom. The van der Waals surface area contributed by atoms with E-state index in [1.165, 1.54) is 0 Å². The number of hydrogen-bond donors (Lipinski definition) is 3. The fourth-order valence-electron chi connectivity index (χ4n) is 1.29. The van der Waals surface area contributed by atoms with Crippen LogP contribution in [-0.4, -0.2) is 24.9 Å². The molecule has 7 heteroatoms. The topological polar surface area (TPSA) is 84.2 Å². The Balaban J connectivity index is 2.76. The number of likely N-dealkylation sites (N-methyl/N-ethyl adjacent to an activating group) is 1. The Kier molecular flexibility index (Phi) is 4.59. The van der Waals surface area contributed by atoms with E-state index >= 15 is 0 Å². The Labute approximate surface area is 102 Å². The van der Waals surface area contributed by atoms with Crippen LogP contribution in [0.4, 0.5) is 14.5 Å². The maximum atomic E-state index is 13.5. The highest BCUT2D eigenvalue weighted by Crippen LogP contribution is 2.17. The molecule has 0 unspecified atom stereocenters. The van der Waals surface area contributed by atoms with Gasteiger partial charge in [-0.2, -0.15) is 0 Å². The van der Waals surface area contributed by atoms with Crippen LogP contribution in [0.1, 0.15) is 17.3 Å². The summed E-state index contributed by atoms with van der Waals surface area (Å²) in [6, 6.07) is 1.49. The maximum Gasteiger partial charge on any atom is 0.254 e. The van der Waals surface area contributed by atoms with Gasteiger partial charge in [0.05, 0.1) is 17.8 Å². The first kappa shape index (κ1) is 13.9. The lowest BCUT2D eigenvalue weighted by atomic mass is 10.1. The minimum atomic E-state index is -1.01. The van der Waals surface area contributed by atoms with Gasteiger partial charge in [-0.1, -0.05) is 0 Å². The van der Waals surface area contributed by atoms with E-state index in [-0.39, 0.29) is 6.54 Å². The van der Waals surface area contributed by atoms with Crippen LogP contribution in [0.5, 0.6) is 0 Å². The van der Waals surface area contributed by atoms with Crippen molar-refractivity contribution in [3.8, 4) is 0 Å². The molecule has 2 amide bonds. The lowest BCUT2D eigenvalue weighted by Gasteiger charge is -2.07. The summed E-state index contributed by atoms with van der Waals surface area (Å²) in [6.45, 7) is 1.81. The van der Waals surface area contributed by atoms with Crippen LogP contribution in [0.2, 0.25) is 0 Å². The second-order valence-corrected chi connectivity index (χ2v) is 3.49. The third kappa shape index (κ3) is 3.41. The zero-order chi connectivity index (χ0) is 13.7. The van der Waals surface area contributed by atoms with Crippen LogP contribution in [0.25, 0.3) is 0 Å². The van der Waals surface area contributed by atoms with E-state index in [0.717, 1.165) is 12.1 Å². The van der Waals surface area contributed by atoms with Crippen molar-refractivity contribution >= 4 is 17.5 Å². The van der Waals surface area contributed by atoms with Gasteiger partial charge in [0, 0.05) is 6.54 Å². The molecule has 0 aliphatic heterocycles. The predicted octanol–water partition coefficient (Wildman–Crippen LogP) is 0.413. The summed E-state index contributed by atoms with van der Waals surface area (Å²) in [4.78, 5) is 22.6. The minimum absolute atomic E-state index is 0.317. The Hall–Kier alpha value is -2.18. The smallest absolute Gasteiger partial charge is 0.254 e. The molecular weight excluding hydrogens is 244 g/mol. The van der Waals surface area contributed by atoms with Crippen LogP contribution in [0.15, 0.2) is 12.1 Å². The first-order valence-electron chi connectivity index (χ1n) is 5.25. The third-order valence-electron chi connectivity index (χ3n) is 2.09. The number of nitrogen functional groups attached to an aromatic ring is 1. The third-order valence-corrected chi connectivity index (χ3v) is 2.09. The highest BCUT2D eigenvalue weighted by atomic mass is 19.1. The van der Waals surface area contributed by atoms with Gasteiger partial charge in [-0.15, -0.1) is 0 Å². The molecule has 5 nitrogen and oxygen atoms in total. The number of hydrogen-bond acceptors (Lipinski definition) is 3. The summed E-state index contributed by atoms with van der Waals surface area (Å²) in [5.41, 5.74) is 4.20. The highest BCUT2D eigenvalue weighted by molar-refractivity contribution is 5.97. The summed E-state index contributed by atoms with van der Waals surface area (Å²) in [7, 11) is 0. The molecule has 18 heavy (non-hydrogen) atoms. The summed E-state index contributed by atoms with van der Waals surface area (Å²) in [6.07, 6.45) is 0. The van der Waals surface area contributed by atoms with Crippen molar-refractivity contribution < 1.29 is 18.4 Å². The summed E-state index contributed by atoms with van der Waals surface area (Å²) < 4.78 is 26.4. The summed E-state index contributed by atoms with van der Waals surface area (Å²) in [5, 5.41) is 4.61. The SMILES string of the molecule is CCNC(=O)CNC(=O)c1cc(F)cc(N)c1F. The quantitative estimate of drug-likeness (QED) is 0.683. The van der Waals surface area contributed by atoms with Gasteiger partial charge in [-0.25, -0.2) is 8.78 Å². The molecule has 98 valence electrons. The highest BCUT2D eigenvalue weighted by Gasteiger charge is 2.16. The molecule has 0 aliphatic carbocycles. The van der Waals surface area contributed by atoms with Crippen molar-refractivity contribution in [2.24, 2.45) is 0 Å². The van der Waals surface area contributed by atoms with Crippen molar-refractivity contribution in [1.82, 2.24) is 10.6 Å². The molecule has 0 radical (unpaired) electrons. The number of anilines is 1. The van der Waals surface area contributed by atoms with E-state index in [9.17, 15) is 18.4 Å². The Bertz CT molecular complexity index is 478. The largest absolute Gasteiger partial charge is 0.396 e. The van der Waals surface area contributed by atoms with Crippen LogP contribution in [-0.2, 0) is 4.79 Å². The lowest BCUT2D eigenvalue weighted by molar-refractivity contribution is -0.120. The van der Waals surface area contributed by atoms with Crippen LogP contribution in [0, 0.1) is 11.6 Å². The molecule has 0 heterocycles. The number of nitrogens with two attached hydrogens (primary N) is 1. The molecule has 0 fully saturated rings. The number of amides is 2. The fraction of sp³-hybridized carbons (Fsp3) is 0.273. The Morgan fingerprint density at radius 3 is 2.56 bits per heavy atom. The first-order chi connectivity index (χ1) is 8.45. The van der Waals surface area contributed by atoms with Gasteiger partial charge in [-0.3, -0.25) is 9.59 Å². The molecular formula is C11H13F2N3O2. The van der Waals surface area contributed by atoms with Gasteiger partial charge in [0.15, 0.2) is 5.82 Å². The predicted molar refractivity (Wildman–Crippen MR) is 61.8 cm³/mol. The van der Waals surface area contributed by atoms with Crippen LogP contribution >= 0.6 is 0 Å². The van der Waals surface area contributed by atoms with Crippen molar-refractivity contribution in [3.63, 3.8) is 0 Å². The molecule has 1 rings (SSSR count). The molecule has 0 spiro atoms. The maximum absolute atomic E-state index is 13.5. The molecule has 0 bridgehead atoms. The van der Waals surface area contributed by atoms with E-state index in [1.54, 1.807) is 6.92 Å². The minimum Gasteiger partial charge on any atom is -0.396 e. The van der Waals surface area contributed by atoms with E-state index in [4.69, 9.17) is 5.73 Å². The van der Waals surface area contributed by atoms with Gasteiger partial charge in [0.1, 0.15) is 5.82 Å². The number of nitrogens with one attached hydrogen (secondary N) is 2. The molecule has 0 atom stereocenters. The summed E-state index contributed by atoms with van der Waals surface area (Å²) >= 11 is 0. The van der Waals surface area contributed by atoms with E-state index in [1.807, 2.05) is 0 Å². The average molecular weight is 257 g/mol. The zero-order valence-corrected chi connectivity index (χ0v) is 9.72. The average Bonchev–Trinajstić information content (AvgIpc) is 2.31. The van der Waals surface area contributed by atoms with Crippen molar-refractivity contribution in [1.29, 1.82) is 0 Å². The molecule has 0 aliphatic rings. The molecule has 0 saturated heterocycles. The van der Waals surface area contributed by atoms with Gasteiger partial charge >= 0.3 is 0 Å². The Morgan fingerprint density at radius 1 is 1.28 bits per heavy atom. The normalized spacial score (nSPS) is 9.94. The number of benzene rings is 1. The number of carbonyl (C=O) groups is 2. The number of carbonyl (C=O) groups excluding carboxylic acids is 2. The first-order valence-corrected chi connectivity index (χ1v) is 5.25. The van der Waals surface area contributed by atoms with Crippen molar-refractivity contribution in [2.45, 2.75) is 6.92 Å². The molecule has 0 saturated carbocycles. The molecule has 0 aromatic heterocycles. The van der Waals surface area contributed by atoms with Gasteiger partial charge < -0.3 is 16.4 Å². The van der Waals surface area contributed by atoms with Crippen molar-refractivity contribution in [3.05, 3.63) is 29.3 Å². The van der Waals surface area contributed by atoms with Gasteiger partial charge in [0.25, 0.3) is 5.91 Å². The fourth-order valence-corrected chi connectivity index (χ4v) is 1.29. The van der Waals surface area contributed by atoms with Gasteiger partial charge in [0.2, 0.25) is 5.91 Å². The molecule has 1 aromatic carbocycles. The number of halogens is 2. The summed E-state index contributed by atoms with van der Waals surface area (Å²) in [5.74, 6) is -3.15. The van der Waals surface area contributed by atoms with E-state index in [0.29, 0.717) is 6.54 Å². The second kappa shape index (κ2) is 5.95. The lowest BCUT2D eigenvalue weighted by Crippen LogP contribution is -2.37. The molecule has 1 aromatic rings. The van der Waals surface area contributed by atoms with Crippen LogP contribution < -0.4 is 16.4 Å². The standard InChI is InChI=1S/C11H13F2N3O2/c1-2-15-9(17)5-16-11(18)7-3-6(12)4-8(14)10(7)13/h3-4H,2,5,14H2,1H3,(H,15,17)(H,16,18). The number of rotatable bonds is 4.